The summed E-state index contributed by atoms with van der Waals surface area (Å²) in [5.74, 6) is -1.04. The van der Waals surface area contributed by atoms with E-state index in [-0.39, 0.29) is 35.8 Å². The van der Waals surface area contributed by atoms with Crippen LogP contribution >= 0.6 is 0 Å². The van der Waals surface area contributed by atoms with Gasteiger partial charge in [0.25, 0.3) is 0 Å². The third-order valence-electron chi connectivity index (χ3n) is 4.68. The normalized spacial score (nSPS) is 29.1. The van der Waals surface area contributed by atoms with Crippen LogP contribution in [0.5, 0.6) is 0 Å². The van der Waals surface area contributed by atoms with E-state index in [1.165, 1.54) is 6.92 Å². The lowest BCUT2D eigenvalue weighted by atomic mass is 9.80. The Hall–Kier alpha value is -1.63. The van der Waals surface area contributed by atoms with Gasteiger partial charge in [-0.25, -0.2) is 0 Å². The van der Waals surface area contributed by atoms with Crippen molar-refractivity contribution >= 4 is 18.2 Å². The zero-order chi connectivity index (χ0) is 16.9. The van der Waals surface area contributed by atoms with Crippen LogP contribution in [0.25, 0.3) is 0 Å². The number of nitrogens with two attached hydrogens (primary N) is 1. The Labute approximate surface area is 131 Å². The molecule has 7 nitrogen and oxygen atoms in total. The number of aldehydes is 1. The maximum Gasteiger partial charge on any atom is 0.217 e. The van der Waals surface area contributed by atoms with Gasteiger partial charge in [0.05, 0.1) is 6.10 Å². The average Bonchev–Trinajstić information content (AvgIpc) is 2.73. The van der Waals surface area contributed by atoms with Crippen molar-refractivity contribution in [3.8, 4) is 0 Å². The summed E-state index contributed by atoms with van der Waals surface area (Å²) in [7, 11) is 0. The summed E-state index contributed by atoms with van der Waals surface area (Å²) >= 11 is 0. The number of aliphatic hydroxyl groups excluding tert-OH is 1. The van der Waals surface area contributed by atoms with Crippen molar-refractivity contribution in [2.45, 2.75) is 58.2 Å². The third-order valence-corrected chi connectivity index (χ3v) is 4.68. The number of carbonyl (C=O) groups is 2. The number of nitrogens with one attached hydrogen (secondary N) is 3. The molecule has 1 aliphatic carbocycles. The zero-order valence-corrected chi connectivity index (χ0v) is 13.5. The van der Waals surface area contributed by atoms with Crippen molar-refractivity contribution in [2.75, 3.05) is 0 Å². The molecule has 1 fully saturated rings. The quantitative estimate of drug-likeness (QED) is 0.256. The molecule has 0 bridgehead atoms. The van der Waals surface area contributed by atoms with Crippen LogP contribution in [0.2, 0.25) is 0 Å². The van der Waals surface area contributed by atoms with E-state index in [4.69, 9.17) is 11.1 Å². The van der Waals surface area contributed by atoms with Crippen LogP contribution in [0.4, 0.5) is 0 Å². The van der Waals surface area contributed by atoms with Gasteiger partial charge in [-0.05, 0) is 12.3 Å². The first-order valence-electron chi connectivity index (χ1n) is 7.86. The second-order valence-electron chi connectivity index (χ2n) is 6.07. The molecular weight excluding hydrogens is 284 g/mol. The Morgan fingerprint density at radius 2 is 2.05 bits per heavy atom. The second kappa shape index (κ2) is 8.12. The van der Waals surface area contributed by atoms with E-state index < -0.39 is 12.0 Å². The fourth-order valence-electron chi connectivity index (χ4n) is 3.63. The van der Waals surface area contributed by atoms with E-state index >= 15 is 0 Å². The lowest BCUT2D eigenvalue weighted by Gasteiger charge is -2.36. The summed E-state index contributed by atoms with van der Waals surface area (Å²) in [4.78, 5) is 22.8. The summed E-state index contributed by atoms with van der Waals surface area (Å²) in [6.45, 7) is 5.52. The van der Waals surface area contributed by atoms with Gasteiger partial charge in [-0.3, -0.25) is 10.2 Å². The predicted octanol–water partition coefficient (Wildman–Crippen LogP) is -0.0251. The molecule has 0 aromatic rings. The molecule has 0 aromatic carbocycles. The summed E-state index contributed by atoms with van der Waals surface area (Å²) < 4.78 is 0. The predicted molar refractivity (Wildman–Crippen MR) is 84.2 cm³/mol. The van der Waals surface area contributed by atoms with Crippen molar-refractivity contribution in [1.29, 1.82) is 5.41 Å². The first kappa shape index (κ1) is 18.4. The maximum absolute atomic E-state index is 11.6. The molecule has 0 saturated heterocycles. The smallest absolute Gasteiger partial charge is 0.217 e. The first-order valence-corrected chi connectivity index (χ1v) is 7.86. The van der Waals surface area contributed by atoms with E-state index in [1.54, 1.807) is 0 Å². The van der Waals surface area contributed by atoms with Crippen LogP contribution < -0.4 is 16.4 Å². The molecule has 1 rings (SSSR count). The Bertz CT molecular complexity index is 412. The van der Waals surface area contributed by atoms with Gasteiger partial charge in [0.1, 0.15) is 6.29 Å². The summed E-state index contributed by atoms with van der Waals surface area (Å²) in [5.41, 5.74) is 5.42. The number of carbonyl (C=O) groups excluding carboxylic acids is 2. The molecule has 1 aliphatic rings. The largest absolute Gasteiger partial charge is 0.392 e. The van der Waals surface area contributed by atoms with Crippen molar-refractivity contribution in [3.05, 3.63) is 0 Å². The van der Waals surface area contributed by atoms with Gasteiger partial charge in [0.2, 0.25) is 5.91 Å². The van der Waals surface area contributed by atoms with Gasteiger partial charge < -0.3 is 26.3 Å². The van der Waals surface area contributed by atoms with Crippen molar-refractivity contribution in [2.24, 2.45) is 23.5 Å². The number of hydrogen-bond donors (Lipinski definition) is 5. The van der Waals surface area contributed by atoms with Gasteiger partial charge in [-0.1, -0.05) is 26.7 Å². The molecule has 22 heavy (non-hydrogen) atoms. The van der Waals surface area contributed by atoms with E-state index in [9.17, 15) is 14.7 Å². The Morgan fingerprint density at radius 1 is 1.45 bits per heavy atom. The molecule has 1 amide bonds. The molecule has 6 N–H and O–H groups in total. The van der Waals surface area contributed by atoms with Crippen molar-refractivity contribution in [1.82, 2.24) is 10.6 Å². The number of rotatable bonds is 7. The molecule has 0 radical (unpaired) electrons. The van der Waals surface area contributed by atoms with Gasteiger partial charge in [0, 0.05) is 30.8 Å². The minimum atomic E-state index is -0.855. The lowest BCUT2D eigenvalue weighted by molar-refractivity contribution is -0.121. The summed E-state index contributed by atoms with van der Waals surface area (Å²) in [5, 5.41) is 23.7. The number of amides is 1. The minimum Gasteiger partial charge on any atom is -0.392 e. The number of hydrogen-bond acceptors (Lipinski definition) is 4. The van der Waals surface area contributed by atoms with Gasteiger partial charge in [-0.15, -0.1) is 0 Å². The van der Waals surface area contributed by atoms with E-state index in [2.05, 4.69) is 10.6 Å². The maximum atomic E-state index is 11.6. The summed E-state index contributed by atoms with van der Waals surface area (Å²) in [6, 6.07) is -0.565. The SMILES string of the molecule is CCC(CC)C(NC(C)=O)[C@@H]1[C@H](O)[C@@H](C=O)C[C@H]1NC(=N)N. The highest BCUT2D eigenvalue weighted by Gasteiger charge is 2.48. The second-order valence-corrected chi connectivity index (χ2v) is 6.07. The Morgan fingerprint density at radius 3 is 2.45 bits per heavy atom. The highest BCUT2D eigenvalue weighted by Crippen LogP contribution is 2.36. The standard InChI is InChI=1S/C15H28N4O3/c1-4-9(5-2)13(18-8(3)21)12-11(19-15(16)17)6-10(7-20)14(12)22/h7,9-14,22H,4-6H2,1-3H3,(H,18,21)(H4,16,17,19)/t10-,11-,12-,13?,14-/m1/s1. The van der Waals surface area contributed by atoms with E-state index in [0.717, 1.165) is 19.1 Å². The molecule has 5 atom stereocenters. The van der Waals surface area contributed by atoms with E-state index in [1.807, 2.05) is 13.8 Å². The van der Waals surface area contributed by atoms with Crippen molar-refractivity contribution in [3.63, 3.8) is 0 Å². The summed E-state index contributed by atoms with van der Waals surface area (Å²) in [6.07, 6.45) is 2.00. The topological polar surface area (TPSA) is 128 Å². The molecule has 126 valence electrons. The van der Waals surface area contributed by atoms with Crippen LogP contribution in [0.1, 0.15) is 40.0 Å². The van der Waals surface area contributed by atoms with E-state index in [0.29, 0.717) is 6.42 Å². The molecule has 0 aromatic heterocycles. The molecule has 7 heteroatoms. The molecular formula is C15H28N4O3. The van der Waals surface area contributed by atoms with Gasteiger partial charge in [-0.2, -0.15) is 0 Å². The third kappa shape index (κ3) is 4.19. The lowest BCUT2D eigenvalue weighted by Crippen LogP contribution is -2.54. The molecule has 0 spiro atoms. The Balaban J connectivity index is 3.11. The highest BCUT2D eigenvalue weighted by atomic mass is 16.3. The van der Waals surface area contributed by atoms with Crippen LogP contribution in [0.15, 0.2) is 0 Å². The zero-order valence-electron chi connectivity index (χ0n) is 13.5. The molecule has 1 unspecified atom stereocenters. The minimum absolute atomic E-state index is 0.166. The molecule has 1 saturated carbocycles. The Kier molecular flexibility index (Phi) is 6.80. The van der Waals surface area contributed by atoms with Gasteiger partial charge >= 0.3 is 0 Å². The van der Waals surface area contributed by atoms with Crippen LogP contribution in [0.3, 0.4) is 0 Å². The van der Waals surface area contributed by atoms with Crippen LogP contribution in [-0.4, -0.2) is 41.4 Å². The fourth-order valence-corrected chi connectivity index (χ4v) is 3.63. The van der Waals surface area contributed by atoms with Crippen LogP contribution in [0, 0.1) is 23.2 Å². The number of aliphatic hydroxyl groups is 1. The van der Waals surface area contributed by atoms with Crippen molar-refractivity contribution < 1.29 is 14.7 Å². The molecule has 0 aliphatic heterocycles. The highest BCUT2D eigenvalue weighted by molar-refractivity contribution is 5.75. The molecule has 0 heterocycles. The monoisotopic (exact) mass is 312 g/mol. The first-order chi connectivity index (χ1) is 10.3. The number of guanidine groups is 1. The van der Waals surface area contributed by atoms with Crippen LogP contribution in [-0.2, 0) is 9.59 Å². The average molecular weight is 312 g/mol. The van der Waals surface area contributed by atoms with Gasteiger partial charge in [0.15, 0.2) is 5.96 Å². The fraction of sp³-hybridized carbons (Fsp3) is 0.800.